The van der Waals surface area contributed by atoms with Crippen LogP contribution in [0.15, 0.2) is 27.5 Å². The fourth-order valence-electron chi connectivity index (χ4n) is 1.75. The third-order valence-corrected chi connectivity index (χ3v) is 3.19. The maximum Gasteiger partial charge on any atom is 0.213 e. The minimum absolute atomic E-state index is 0.545. The second kappa shape index (κ2) is 7.25. The number of hydrogen-bond acceptors (Lipinski definition) is 6. The van der Waals surface area contributed by atoms with E-state index in [1.165, 1.54) is 6.39 Å². The molecule has 0 bridgehead atoms. The van der Waals surface area contributed by atoms with Crippen LogP contribution in [0.5, 0.6) is 11.5 Å². The zero-order valence-corrected chi connectivity index (χ0v) is 12.9. The van der Waals surface area contributed by atoms with E-state index in [-0.39, 0.29) is 0 Å². The summed E-state index contributed by atoms with van der Waals surface area (Å²) in [5.74, 6) is 2.05. The van der Waals surface area contributed by atoms with Gasteiger partial charge in [-0.25, -0.2) is 0 Å². The van der Waals surface area contributed by atoms with Gasteiger partial charge in [-0.05, 0) is 40.5 Å². The van der Waals surface area contributed by atoms with Gasteiger partial charge in [-0.2, -0.15) is 4.98 Å². The number of methoxy groups -OCH3 is 1. The SMILES string of the molecule is CCOc1c(Br)cc(CNCc2ncon2)cc1OC. The van der Waals surface area contributed by atoms with Crippen molar-refractivity contribution < 1.29 is 14.0 Å². The van der Waals surface area contributed by atoms with Crippen LogP contribution in [0, 0.1) is 0 Å². The predicted octanol–water partition coefficient (Wildman–Crippen LogP) is 2.53. The van der Waals surface area contributed by atoms with E-state index in [9.17, 15) is 0 Å². The van der Waals surface area contributed by atoms with Gasteiger partial charge in [0.05, 0.1) is 24.7 Å². The van der Waals surface area contributed by atoms with Crippen LogP contribution in [0.1, 0.15) is 18.3 Å². The lowest BCUT2D eigenvalue weighted by molar-refractivity contribution is 0.308. The lowest BCUT2D eigenvalue weighted by Gasteiger charge is -2.13. The molecule has 1 N–H and O–H groups in total. The molecule has 0 amide bonds. The van der Waals surface area contributed by atoms with Gasteiger partial charge in [-0.3, -0.25) is 0 Å². The van der Waals surface area contributed by atoms with Crippen molar-refractivity contribution in [1.82, 2.24) is 15.5 Å². The first-order valence-corrected chi connectivity index (χ1v) is 6.99. The average molecular weight is 342 g/mol. The highest BCUT2D eigenvalue weighted by molar-refractivity contribution is 9.10. The third kappa shape index (κ3) is 3.71. The first kappa shape index (κ1) is 14.8. The van der Waals surface area contributed by atoms with Crippen molar-refractivity contribution in [3.05, 3.63) is 34.4 Å². The standard InChI is InChI=1S/C13H16BrN3O3/c1-3-19-13-10(14)4-9(5-11(13)18-2)6-15-7-12-16-8-20-17-12/h4-5,8,15H,3,6-7H2,1-2H3. The monoisotopic (exact) mass is 341 g/mol. The van der Waals surface area contributed by atoms with Gasteiger partial charge in [-0.15, -0.1) is 0 Å². The Balaban J connectivity index is 2.02. The van der Waals surface area contributed by atoms with Crippen molar-refractivity contribution in [3.63, 3.8) is 0 Å². The summed E-state index contributed by atoms with van der Waals surface area (Å²) in [6.07, 6.45) is 1.31. The van der Waals surface area contributed by atoms with Crippen LogP contribution in [0.25, 0.3) is 0 Å². The number of nitrogens with one attached hydrogen (secondary N) is 1. The summed E-state index contributed by atoms with van der Waals surface area (Å²) in [6.45, 7) is 3.73. The number of ether oxygens (including phenoxy) is 2. The summed E-state index contributed by atoms with van der Waals surface area (Å²) in [7, 11) is 1.63. The molecule has 108 valence electrons. The van der Waals surface area contributed by atoms with Gasteiger partial charge in [0.1, 0.15) is 0 Å². The normalized spacial score (nSPS) is 10.6. The summed E-state index contributed by atoms with van der Waals surface area (Å²) >= 11 is 3.50. The second-order valence-electron chi connectivity index (χ2n) is 3.99. The van der Waals surface area contributed by atoms with Gasteiger partial charge >= 0.3 is 0 Å². The molecule has 6 nitrogen and oxygen atoms in total. The number of halogens is 1. The van der Waals surface area contributed by atoms with E-state index in [1.807, 2.05) is 19.1 Å². The Hall–Kier alpha value is -1.60. The topological polar surface area (TPSA) is 69.4 Å². The molecule has 0 unspecified atom stereocenters. The van der Waals surface area contributed by atoms with Crippen molar-refractivity contribution in [2.24, 2.45) is 0 Å². The Morgan fingerprint density at radius 1 is 1.35 bits per heavy atom. The molecule has 0 saturated carbocycles. The van der Waals surface area contributed by atoms with E-state index < -0.39 is 0 Å². The maximum absolute atomic E-state index is 5.55. The Bertz CT molecular complexity index is 546. The van der Waals surface area contributed by atoms with Crippen LogP contribution >= 0.6 is 15.9 Å². The fraction of sp³-hybridized carbons (Fsp3) is 0.385. The molecule has 0 spiro atoms. The molecule has 0 saturated heterocycles. The van der Waals surface area contributed by atoms with E-state index in [1.54, 1.807) is 7.11 Å². The van der Waals surface area contributed by atoms with E-state index in [0.29, 0.717) is 31.3 Å². The second-order valence-corrected chi connectivity index (χ2v) is 4.85. The van der Waals surface area contributed by atoms with Crippen molar-refractivity contribution in [1.29, 1.82) is 0 Å². The van der Waals surface area contributed by atoms with Crippen molar-refractivity contribution in [3.8, 4) is 11.5 Å². The van der Waals surface area contributed by atoms with Gasteiger partial charge in [0, 0.05) is 6.54 Å². The van der Waals surface area contributed by atoms with Gasteiger partial charge in [0.15, 0.2) is 17.3 Å². The number of nitrogens with zero attached hydrogens (tertiary/aromatic N) is 2. The quantitative estimate of drug-likeness (QED) is 0.834. The molecule has 0 aliphatic heterocycles. The molecule has 2 rings (SSSR count). The molecule has 20 heavy (non-hydrogen) atoms. The highest BCUT2D eigenvalue weighted by Crippen LogP contribution is 2.36. The summed E-state index contributed by atoms with van der Waals surface area (Å²) in [5.41, 5.74) is 1.07. The lowest BCUT2D eigenvalue weighted by atomic mass is 10.2. The molecule has 1 aromatic heterocycles. The van der Waals surface area contributed by atoms with Crippen molar-refractivity contribution >= 4 is 15.9 Å². The van der Waals surface area contributed by atoms with Crippen LogP contribution in [0.3, 0.4) is 0 Å². The fourth-order valence-corrected chi connectivity index (χ4v) is 2.35. The maximum atomic E-state index is 5.55. The summed E-state index contributed by atoms with van der Waals surface area (Å²) in [4.78, 5) is 3.94. The zero-order valence-electron chi connectivity index (χ0n) is 11.4. The molecule has 0 aliphatic rings. The van der Waals surface area contributed by atoms with Crippen LogP contribution in [0.4, 0.5) is 0 Å². The molecular weight excluding hydrogens is 326 g/mol. The van der Waals surface area contributed by atoms with E-state index >= 15 is 0 Å². The molecule has 7 heteroatoms. The molecule has 0 radical (unpaired) electrons. The van der Waals surface area contributed by atoms with Crippen LogP contribution in [-0.2, 0) is 13.1 Å². The van der Waals surface area contributed by atoms with Crippen LogP contribution in [-0.4, -0.2) is 23.9 Å². The lowest BCUT2D eigenvalue weighted by Crippen LogP contribution is -2.14. The van der Waals surface area contributed by atoms with Gasteiger partial charge in [0.2, 0.25) is 6.39 Å². The van der Waals surface area contributed by atoms with Gasteiger partial charge in [0.25, 0.3) is 0 Å². The van der Waals surface area contributed by atoms with E-state index in [4.69, 9.17) is 9.47 Å². The smallest absolute Gasteiger partial charge is 0.213 e. The van der Waals surface area contributed by atoms with Crippen LogP contribution in [0.2, 0.25) is 0 Å². The minimum Gasteiger partial charge on any atom is -0.493 e. The largest absolute Gasteiger partial charge is 0.493 e. The highest BCUT2D eigenvalue weighted by Gasteiger charge is 2.11. The van der Waals surface area contributed by atoms with Gasteiger partial charge in [-0.1, -0.05) is 5.16 Å². The predicted molar refractivity (Wildman–Crippen MR) is 76.7 cm³/mol. The number of aromatic nitrogens is 2. The van der Waals surface area contributed by atoms with Crippen molar-refractivity contribution in [2.45, 2.75) is 20.0 Å². The molecule has 2 aromatic rings. The molecule has 1 heterocycles. The Morgan fingerprint density at radius 3 is 2.85 bits per heavy atom. The molecule has 0 fully saturated rings. The number of hydrogen-bond donors (Lipinski definition) is 1. The van der Waals surface area contributed by atoms with E-state index in [0.717, 1.165) is 15.8 Å². The summed E-state index contributed by atoms with van der Waals surface area (Å²) in [5, 5.41) is 6.97. The summed E-state index contributed by atoms with van der Waals surface area (Å²) < 4.78 is 16.4. The minimum atomic E-state index is 0.545. The first-order chi connectivity index (χ1) is 9.74. The first-order valence-electron chi connectivity index (χ1n) is 6.19. The van der Waals surface area contributed by atoms with Crippen LogP contribution < -0.4 is 14.8 Å². The Morgan fingerprint density at radius 2 is 2.20 bits per heavy atom. The molecule has 0 atom stereocenters. The molecule has 1 aromatic carbocycles. The van der Waals surface area contributed by atoms with Gasteiger partial charge < -0.3 is 19.3 Å². The average Bonchev–Trinajstić information content (AvgIpc) is 2.94. The number of benzene rings is 1. The van der Waals surface area contributed by atoms with Crippen molar-refractivity contribution in [2.75, 3.05) is 13.7 Å². The molecule has 0 aliphatic carbocycles. The zero-order chi connectivity index (χ0) is 14.4. The number of rotatable bonds is 7. The Kier molecular flexibility index (Phi) is 5.37. The highest BCUT2D eigenvalue weighted by atomic mass is 79.9. The molecular formula is C13H16BrN3O3. The van der Waals surface area contributed by atoms with E-state index in [2.05, 4.69) is 35.9 Å². The third-order valence-electron chi connectivity index (χ3n) is 2.60. The Labute approximate surface area is 125 Å². The summed E-state index contributed by atoms with van der Waals surface area (Å²) in [6, 6.07) is 3.94.